The molecule has 1 unspecified atom stereocenters. The van der Waals surface area contributed by atoms with Crippen LogP contribution in [-0.2, 0) is 12.8 Å². The molecule has 2 rings (SSSR count). The summed E-state index contributed by atoms with van der Waals surface area (Å²) in [5, 5.41) is 0. The van der Waals surface area contributed by atoms with Crippen molar-refractivity contribution < 1.29 is 8.78 Å². The Morgan fingerprint density at radius 3 is 2.30 bits per heavy atom. The van der Waals surface area contributed by atoms with E-state index in [0.717, 1.165) is 11.1 Å². The molecule has 2 aromatic carbocycles. The van der Waals surface area contributed by atoms with Crippen LogP contribution in [0, 0.1) is 18.6 Å². The van der Waals surface area contributed by atoms with Gasteiger partial charge in [0.1, 0.15) is 11.6 Å². The molecule has 0 aliphatic heterocycles. The molecule has 106 valence electrons. The molecule has 0 radical (unpaired) electrons. The summed E-state index contributed by atoms with van der Waals surface area (Å²) in [7, 11) is 0. The third-order valence-corrected chi connectivity index (χ3v) is 3.45. The van der Waals surface area contributed by atoms with Crippen molar-refractivity contribution in [1.82, 2.24) is 0 Å². The molecule has 0 spiro atoms. The Balaban J connectivity index is 2.17. The predicted octanol–water partition coefficient (Wildman–Crippen LogP) is 3.78. The fraction of sp³-hybridized carbons (Fsp3) is 0.294. The molecular formula is C17H19F2N. The molecule has 3 heteroatoms. The van der Waals surface area contributed by atoms with Crippen LogP contribution in [0.1, 0.15) is 23.6 Å². The Bertz CT molecular complexity index is 606. The summed E-state index contributed by atoms with van der Waals surface area (Å²) in [6.45, 7) is 3.75. The van der Waals surface area contributed by atoms with Crippen molar-refractivity contribution >= 4 is 0 Å². The van der Waals surface area contributed by atoms with Gasteiger partial charge in [-0.2, -0.15) is 0 Å². The summed E-state index contributed by atoms with van der Waals surface area (Å²) < 4.78 is 26.8. The summed E-state index contributed by atoms with van der Waals surface area (Å²) in [5.74, 6) is -0.487. The number of rotatable bonds is 4. The predicted molar refractivity (Wildman–Crippen MR) is 77.5 cm³/mol. The maximum absolute atomic E-state index is 13.7. The molecule has 0 bridgehead atoms. The quantitative estimate of drug-likeness (QED) is 0.903. The molecule has 0 aliphatic carbocycles. The molecule has 0 fully saturated rings. The normalized spacial score (nSPS) is 14.1. The average Bonchev–Trinajstić information content (AvgIpc) is 2.35. The minimum absolute atomic E-state index is 0.236. The van der Waals surface area contributed by atoms with Gasteiger partial charge in [0.2, 0.25) is 0 Å². The highest BCUT2D eigenvalue weighted by Crippen LogP contribution is 2.21. The lowest BCUT2D eigenvalue weighted by atomic mass is 9.86. The van der Waals surface area contributed by atoms with Crippen LogP contribution in [0.3, 0.4) is 0 Å². The highest BCUT2D eigenvalue weighted by molar-refractivity contribution is 5.29. The van der Waals surface area contributed by atoms with Crippen molar-refractivity contribution in [2.24, 2.45) is 5.73 Å². The zero-order valence-corrected chi connectivity index (χ0v) is 11.8. The Kier molecular flexibility index (Phi) is 4.19. The second-order valence-electron chi connectivity index (χ2n) is 5.67. The van der Waals surface area contributed by atoms with Crippen LogP contribution in [0.5, 0.6) is 0 Å². The van der Waals surface area contributed by atoms with Gasteiger partial charge in [-0.15, -0.1) is 0 Å². The topological polar surface area (TPSA) is 26.0 Å². The van der Waals surface area contributed by atoms with Gasteiger partial charge in [0.15, 0.2) is 0 Å². The van der Waals surface area contributed by atoms with Crippen molar-refractivity contribution in [2.45, 2.75) is 32.2 Å². The summed E-state index contributed by atoms with van der Waals surface area (Å²) >= 11 is 0. The molecule has 1 nitrogen and oxygen atoms in total. The van der Waals surface area contributed by atoms with Gasteiger partial charge in [-0.1, -0.05) is 24.3 Å². The van der Waals surface area contributed by atoms with Crippen LogP contribution in [0.4, 0.5) is 8.78 Å². The molecule has 0 amide bonds. The third-order valence-electron chi connectivity index (χ3n) is 3.45. The van der Waals surface area contributed by atoms with Gasteiger partial charge in [0, 0.05) is 5.54 Å². The number of halogens is 2. The van der Waals surface area contributed by atoms with Crippen molar-refractivity contribution in [3.05, 3.63) is 70.8 Å². The fourth-order valence-electron chi connectivity index (χ4n) is 2.43. The van der Waals surface area contributed by atoms with E-state index in [9.17, 15) is 8.78 Å². The zero-order chi connectivity index (χ0) is 14.8. The lowest BCUT2D eigenvalue weighted by molar-refractivity contribution is 0.450. The van der Waals surface area contributed by atoms with E-state index >= 15 is 0 Å². The SMILES string of the molecule is Cc1cc(F)ccc1CC(C)(N)Cc1ccccc1F. The fourth-order valence-corrected chi connectivity index (χ4v) is 2.43. The first-order valence-corrected chi connectivity index (χ1v) is 6.65. The van der Waals surface area contributed by atoms with E-state index in [1.165, 1.54) is 18.2 Å². The highest BCUT2D eigenvalue weighted by Gasteiger charge is 2.22. The largest absolute Gasteiger partial charge is 0.325 e. The molecule has 20 heavy (non-hydrogen) atoms. The van der Waals surface area contributed by atoms with Gasteiger partial charge in [-0.05, 0) is 61.6 Å². The van der Waals surface area contributed by atoms with Crippen molar-refractivity contribution in [3.8, 4) is 0 Å². The molecule has 0 saturated carbocycles. The van der Waals surface area contributed by atoms with Crippen molar-refractivity contribution in [3.63, 3.8) is 0 Å². The minimum Gasteiger partial charge on any atom is -0.325 e. The van der Waals surface area contributed by atoms with Gasteiger partial charge in [0.05, 0.1) is 0 Å². The number of hydrogen-bond acceptors (Lipinski definition) is 1. The second-order valence-corrected chi connectivity index (χ2v) is 5.67. The summed E-state index contributed by atoms with van der Waals surface area (Å²) in [6, 6.07) is 11.3. The van der Waals surface area contributed by atoms with Crippen LogP contribution in [-0.4, -0.2) is 5.54 Å². The highest BCUT2D eigenvalue weighted by atomic mass is 19.1. The van der Waals surface area contributed by atoms with E-state index in [-0.39, 0.29) is 11.6 Å². The number of nitrogens with two attached hydrogens (primary N) is 1. The van der Waals surface area contributed by atoms with Crippen LogP contribution < -0.4 is 5.73 Å². The summed E-state index contributed by atoms with van der Waals surface area (Å²) in [4.78, 5) is 0. The van der Waals surface area contributed by atoms with Crippen LogP contribution in [0.25, 0.3) is 0 Å². The van der Waals surface area contributed by atoms with Crippen LogP contribution >= 0.6 is 0 Å². The van der Waals surface area contributed by atoms with Gasteiger partial charge >= 0.3 is 0 Å². The first-order valence-electron chi connectivity index (χ1n) is 6.65. The maximum atomic E-state index is 13.7. The monoisotopic (exact) mass is 275 g/mol. The first-order chi connectivity index (χ1) is 9.37. The number of benzene rings is 2. The van der Waals surface area contributed by atoms with E-state index in [1.54, 1.807) is 24.3 Å². The van der Waals surface area contributed by atoms with Crippen LogP contribution in [0.2, 0.25) is 0 Å². The smallest absolute Gasteiger partial charge is 0.126 e. The maximum Gasteiger partial charge on any atom is 0.126 e. The molecule has 0 aromatic heterocycles. The first kappa shape index (κ1) is 14.7. The van der Waals surface area contributed by atoms with E-state index in [1.807, 2.05) is 13.8 Å². The van der Waals surface area contributed by atoms with E-state index in [0.29, 0.717) is 18.4 Å². The standard InChI is InChI=1S/C17H19F2N/c1-12-9-15(18)8-7-13(12)10-17(2,20)11-14-5-3-4-6-16(14)19/h3-9H,10-11,20H2,1-2H3. The summed E-state index contributed by atoms with van der Waals surface area (Å²) in [5.41, 5.74) is 8.19. The molecular weight excluding hydrogens is 256 g/mol. The Hall–Kier alpha value is -1.74. The van der Waals surface area contributed by atoms with E-state index < -0.39 is 5.54 Å². The second kappa shape index (κ2) is 5.71. The third kappa shape index (κ3) is 3.64. The molecule has 1 atom stereocenters. The molecule has 0 saturated heterocycles. The van der Waals surface area contributed by atoms with Crippen molar-refractivity contribution in [2.75, 3.05) is 0 Å². The zero-order valence-electron chi connectivity index (χ0n) is 11.8. The van der Waals surface area contributed by atoms with Crippen LogP contribution in [0.15, 0.2) is 42.5 Å². The number of aryl methyl sites for hydroxylation is 1. The Morgan fingerprint density at radius 2 is 1.65 bits per heavy atom. The van der Waals surface area contributed by atoms with Gasteiger partial charge in [0.25, 0.3) is 0 Å². The van der Waals surface area contributed by atoms with Crippen molar-refractivity contribution in [1.29, 1.82) is 0 Å². The lowest BCUT2D eigenvalue weighted by Gasteiger charge is -2.26. The van der Waals surface area contributed by atoms with Gasteiger partial charge in [-0.25, -0.2) is 8.78 Å². The average molecular weight is 275 g/mol. The molecule has 2 N–H and O–H groups in total. The lowest BCUT2D eigenvalue weighted by Crippen LogP contribution is -2.41. The van der Waals surface area contributed by atoms with E-state index in [2.05, 4.69) is 0 Å². The molecule has 2 aromatic rings. The minimum atomic E-state index is -0.579. The van der Waals surface area contributed by atoms with Gasteiger partial charge in [-0.3, -0.25) is 0 Å². The Labute approximate surface area is 118 Å². The molecule has 0 heterocycles. The summed E-state index contributed by atoms with van der Waals surface area (Å²) in [6.07, 6.45) is 1.02. The van der Waals surface area contributed by atoms with Gasteiger partial charge < -0.3 is 5.73 Å². The Morgan fingerprint density at radius 1 is 1.00 bits per heavy atom. The molecule has 0 aliphatic rings. The number of hydrogen-bond donors (Lipinski definition) is 1. The van der Waals surface area contributed by atoms with E-state index in [4.69, 9.17) is 5.73 Å².